The second-order valence-corrected chi connectivity index (χ2v) is 13.3. The number of likely N-dealkylation sites (tertiary alicyclic amines) is 1. The Morgan fingerprint density at radius 3 is 2.47 bits per heavy atom. The van der Waals surface area contributed by atoms with Crippen LogP contribution in [0, 0.1) is 6.92 Å². The number of nitrogens with one attached hydrogen (secondary N) is 3. The lowest BCUT2D eigenvalue weighted by atomic mass is 10.0. The van der Waals surface area contributed by atoms with Crippen LogP contribution in [0.5, 0.6) is 0 Å². The van der Waals surface area contributed by atoms with Crippen LogP contribution in [0.25, 0.3) is 11.0 Å². The number of H-pyrrole nitrogens is 1. The van der Waals surface area contributed by atoms with Gasteiger partial charge in [0, 0.05) is 70.0 Å². The number of hydrogen-bond donors (Lipinski definition) is 3. The van der Waals surface area contributed by atoms with Gasteiger partial charge in [-0.25, -0.2) is 9.59 Å². The van der Waals surface area contributed by atoms with Crippen molar-refractivity contribution in [1.29, 1.82) is 0 Å². The second kappa shape index (κ2) is 13.9. The Labute approximate surface area is 274 Å². The van der Waals surface area contributed by atoms with Gasteiger partial charge >= 0.3 is 12.1 Å². The third kappa shape index (κ3) is 6.91. The van der Waals surface area contributed by atoms with Crippen LogP contribution in [-0.2, 0) is 22.4 Å². The van der Waals surface area contributed by atoms with Crippen LogP contribution in [0.2, 0.25) is 0 Å². The fraction of sp³-hybridized carbons (Fsp3) is 0.559. The number of benzene rings is 2. The number of hydrogen-bond acceptors (Lipinski definition) is 8. The first-order valence-electron chi connectivity index (χ1n) is 17.1. The van der Waals surface area contributed by atoms with E-state index in [9.17, 15) is 14.4 Å². The highest BCUT2D eigenvalue weighted by molar-refractivity contribution is 5.91. The van der Waals surface area contributed by atoms with Gasteiger partial charge in [0.05, 0.1) is 0 Å². The molecule has 4 amide bonds. The Morgan fingerprint density at radius 1 is 0.915 bits per heavy atom. The average Bonchev–Trinajstić information content (AvgIpc) is 3.52. The van der Waals surface area contributed by atoms with Crippen LogP contribution in [-0.4, -0.2) is 130 Å². The topological polar surface area (TPSA) is 139 Å². The van der Waals surface area contributed by atoms with E-state index in [0.29, 0.717) is 51.6 Å². The Kier molecular flexibility index (Phi) is 9.25. The number of urea groups is 1. The van der Waals surface area contributed by atoms with Crippen LogP contribution in [0.4, 0.5) is 15.3 Å². The zero-order valence-corrected chi connectivity index (χ0v) is 27.1. The summed E-state index contributed by atoms with van der Waals surface area (Å²) in [5, 5.41) is 17.6. The molecule has 1 aromatic heterocycles. The lowest BCUT2D eigenvalue weighted by Gasteiger charge is -2.41. The maximum absolute atomic E-state index is 14.0. The number of para-hydroxylation sites is 1. The number of piperidine rings is 2. The number of ether oxygens (including phenoxy) is 1. The van der Waals surface area contributed by atoms with E-state index in [4.69, 9.17) is 4.74 Å². The second-order valence-electron chi connectivity index (χ2n) is 13.3. The SMILES string of the molecule is Cc1cc(C[C@@H](OC(=O)N2CCC(N3CCc4ccccc4NC3=O)CC2)C(=O)N2CCN(C3CCNCC3)CC2)cc2n[nH]nc12. The van der Waals surface area contributed by atoms with Gasteiger partial charge in [-0.15, -0.1) is 0 Å². The van der Waals surface area contributed by atoms with Gasteiger partial charge in [0.25, 0.3) is 5.91 Å². The number of aryl methyl sites for hydroxylation is 1. The van der Waals surface area contributed by atoms with Crippen LogP contribution >= 0.6 is 0 Å². The van der Waals surface area contributed by atoms with Crippen molar-refractivity contribution in [2.45, 2.75) is 63.6 Å². The van der Waals surface area contributed by atoms with E-state index in [1.165, 1.54) is 0 Å². The summed E-state index contributed by atoms with van der Waals surface area (Å²) in [6.07, 6.45) is 3.16. The minimum absolute atomic E-state index is 0.0270. The van der Waals surface area contributed by atoms with Gasteiger partial charge in [0.1, 0.15) is 11.0 Å². The molecule has 3 saturated heterocycles. The molecule has 13 heteroatoms. The third-order valence-corrected chi connectivity index (χ3v) is 10.4. The van der Waals surface area contributed by atoms with Gasteiger partial charge in [-0.1, -0.05) is 24.3 Å². The summed E-state index contributed by atoms with van der Waals surface area (Å²) in [5.74, 6) is -0.156. The summed E-state index contributed by atoms with van der Waals surface area (Å²) in [7, 11) is 0. The fourth-order valence-corrected chi connectivity index (χ4v) is 7.68. The van der Waals surface area contributed by atoms with E-state index < -0.39 is 12.2 Å². The Balaban J connectivity index is 1.00. The van der Waals surface area contributed by atoms with E-state index in [0.717, 1.165) is 78.9 Å². The molecule has 250 valence electrons. The Morgan fingerprint density at radius 2 is 1.68 bits per heavy atom. The molecule has 2 aromatic carbocycles. The van der Waals surface area contributed by atoms with Crippen LogP contribution in [0.1, 0.15) is 42.4 Å². The van der Waals surface area contributed by atoms with Gasteiger partial charge in [0.2, 0.25) is 0 Å². The fourth-order valence-electron chi connectivity index (χ4n) is 7.68. The van der Waals surface area contributed by atoms with Crippen LogP contribution in [0.15, 0.2) is 36.4 Å². The molecule has 0 radical (unpaired) electrons. The zero-order valence-electron chi connectivity index (χ0n) is 27.1. The average molecular weight is 644 g/mol. The highest BCUT2D eigenvalue weighted by Crippen LogP contribution is 2.26. The lowest BCUT2D eigenvalue weighted by molar-refractivity contribution is -0.143. The lowest BCUT2D eigenvalue weighted by Crippen LogP contribution is -2.56. The minimum Gasteiger partial charge on any atom is -0.436 e. The quantitative estimate of drug-likeness (QED) is 0.373. The zero-order chi connectivity index (χ0) is 32.3. The number of aromatic amines is 1. The van der Waals surface area contributed by atoms with Crippen molar-refractivity contribution >= 4 is 34.8 Å². The maximum Gasteiger partial charge on any atom is 0.410 e. The molecular formula is C34H45N9O4. The van der Waals surface area contributed by atoms with E-state index in [2.05, 4.69) is 37.0 Å². The van der Waals surface area contributed by atoms with Gasteiger partial charge in [-0.05, 0) is 80.9 Å². The van der Waals surface area contributed by atoms with Crippen molar-refractivity contribution in [3.8, 4) is 0 Å². The predicted octanol–water partition coefficient (Wildman–Crippen LogP) is 2.76. The number of anilines is 1. The molecule has 7 rings (SSSR count). The van der Waals surface area contributed by atoms with Crippen LogP contribution in [0.3, 0.4) is 0 Å². The van der Waals surface area contributed by atoms with Crippen molar-refractivity contribution < 1.29 is 19.1 Å². The maximum atomic E-state index is 14.0. The molecule has 1 atom stereocenters. The minimum atomic E-state index is -0.954. The van der Waals surface area contributed by atoms with Crippen molar-refractivity contribution in [3.05, 3.63) is 53.1 Å². The number of piperazine rings is 1. The summed E-state index contributed by atoms with van der Waals surface area (Å²) in [5.41, 5.74) is 5.31. The van der Waals surface area contributed by atoms with E-state index >= 15 is 0 Å². The number of amides is 4. The molecule has 0 saturated carbocycles. The molecular weight excluding hydrogens is 598 g/mol. The van der Waals surface area contributed by atoms with Crippen LogP contribution < -0.4 is 10.6 Å². The van der Waals surface area contributed by atoms with Crippen molar-refractivity contribution in [3.63, 3.8) is 0 Å². The molecule has 13 nitrogen and oxygen atoms in total. The molecule has 0 aliphatic carbocycles. The first-order valence-corrected chi connectivity index (χ1v) is 17.1. The molecule has 3 aromatic rings. The molecule has 3 N–H and O–H groups in total. The molecule has 0 unspecified atom stereocenters. The number of carbonyl (C=O) groups excluding carboxylic acids is 3. The summed E-state index contributed by atoms with van der Waals surface area (Å²) in [4.78, 5) is 48.7. The van der Waals surface area contributed by atoms with E-state index in [1.54, 1.807) is 4.90 Å². The van der Waals surface area contributed by atoms with E-state index in [1.807, 2.05) is 47.1 Å². The van der Waals surface area contributed by atoms with Gasteiger partial charge in [-0.3, -0.25) is 9.69 Å². The number of nitrogens with zero attached hydrogens (tertiary/aromatic N) is 6. The first-order chi connectivity index (χ1) is 22.9. The third-order valence-electron chi connectivity index (χ3n) is 10.4. The smallest absolute Gasteiger partial charge is 0.410 e. The molecule has 5 heterocycles. The molecule has 4 aliphatic heterocycles. The standard InChI is InChI=1S/C34H45N9O4/c1-23-20-24(21-29-31(23)38-39-37-29)22-30(32(44)41-18-16-40(17-19-41)26-6-11-35-12-7-26)47-34(46)42-13-9-27(10-14-42)43-15-8-25-4-2-3-5-28(25)36-33(43)45/h2-5,20-21,26-27,30,35H,6-19,22H2,1H3,(H,36,45)(H,37,38,39)/t30-/m1/s1. The number of carbonyl (C=O) groups is 3. The predicted molar refractivity (Wildman–Crippen MR) is 177 cm³/mol. The normalized spacial score (nSPS) is 20.9. The first kappa shape index (κ1) is 31.4. The highest BCUT2D eigenvalue weighted by Gasteiger charge is 2.36. The molecule has 0 bridgehead atoms. The molecule has 0 spiro atoms. The Hall–Kier alpha value is -4.23. The molecule has 4 aliphatic rings. The summed E-state index contributed by atoms with van der Waals surface area (Å²) >= 11 is 0. The van der Waals surface area contributed by atoms with Crippen molar-refractivity contribution in [1.82, 2.24) is 40.3 Å². The summed E-state index contributed by atoms with van der Waals surface area (Å²) in [6.45, 7) is 8.46. The van der Waals surface area contributed by atoms with E-state index in [-0.39, 0.29) is 24.4 Å². The monoisotopic (exact) mass is 643 g/mol. The summed E-state index contributed by atoms with van der Waals surface area (Å²) < 4.78 is 6.09. The molecule has 47 heavy (non-hydrogen) atoms. The van der Waals surface area contributed by atoms with Crippen molar-refractivity contribution in [2.24, 2.45) is 0 Å². The van der Waals surface area contributed by atoms with Gasteiger partial charge in [-0.2, -0.15) is 15.4 Å². The number of fused-ring (bicyclic) bond motifs is 2. The van der Waals surface area contributed by atoms with Crippen molar-refractivity contribution in [2.75, 3.05) is 64.2 Å². The number of aromatic nitrogens is 3. The number of rotatable bonds is 6. The van der Waals surface area contributed by atoms with Gasteiger partial charge in [0.15, 0.2) is 6.10 Å². The summed E-state index contributed by atoms with van der Waals surface area (Å²) in [6, 6.07) is 12.3. The highest BCUT2D eigenvalue weighted by atomic mass is 16.6. The van der Waals surface area contributed by atoms with Gasteiger partial charge < -0.3 is 30.1 Å². The molecule has 3 fully saturated rings. The largest absolute Gasteiger partial charge is 0.436 e. The Bertz CT molecular complexity index is 1590.